The molecule has 0 aliphatic heterocycles. The maximum Gasteiger partial charge on any atom is 0.338 e. The molecule has 6 heteroatoms. The Morgan fingerprint density at radius 2 is 2.05 bits per heavy atom. The van der Waals surface area contributed by atoms with E-state index in [1.54, 1.807) is 24.3 Å². The first kappa shape index (κ1) is 14.1. The van der Waals surface area contributed by atoms with Gasteiger partial charge in [-0.05, 0) is 49.2 Å². The smallest absolute Gasteiger partial charge is 0.338 e. The zero-order chi connectivity index (χ0) is 15.5. The number of benzene rings is 1. The highest BCUT2D eigenvalue weighted by Crippen LogP contribution is 2.18. The summed E-state index contributed by atoms with van der Waals surface area (Å²) in [5, 5.41) is 7.65. The van der Waals surface area contributed by atoms with E-state index in [9.17, 15) is 4.79 Å². The van der Waals surface area contributed by atoms with Gasteiger partial charge in [-0.15, -0.1) is 10.2 Å². The van der Waals surface area contributed by atoms with Crippen molar-refractivity contribution in [2.24, 2.45) is 0 Å². The summed E-state index contributed by atoms with van der Waals surface area (Å²) in [6, 6.07) is 8.83. The van der Waals surface area contributed by atoms with Crippen LogP contribution < -0.4 is 0 Å². The van der Waals surface area contributed by atoms with Gasteiger partial charge in [0.2, 0.25) is 0 Å². The Morgan fingerprint density at radius 3 is 2.77 bits per heavy atom. The lowest BCUT2D eigenvalue weighted by molar-refractivity contribution is 0.0438. The van der Waals surface area contributed by atoms with Gasteiger partial charge in [0.05, 0.1) is 11.8 Å². The third kappa shape index (κ3) is 2.90. The number of aromatic nitrogens is 2. The first-order chi connectivity index (χ1) is 10.6. The minimum atomic E-state index is -0.430. The Morgan fingerprint density at radius 1 is 1.18 bits per heavy atom. The highest BCUT2D eigenvalue weighted by atomic mass is 16.5. The molecule has 0 radical (unpaired) electrons. The Hall–Kier alpha value is -2.89. The van der Waals surface area contributed by atoms with Gasteiger partial charge in [-0.1, -0.05) is 6.07 Å². The number of aryl methyl sites for hydroxylation is 2. The number of rotatable bonds is 4. The minimum Gasteiger partial charge on any atom is -0.459 e. The van der Waals surface area contributed by atoms with Crippen molar-refractivity contribution < 1.29 is 18.4 Å². The number of hydrogen-bond donors (Lipinski definition) is 0. The SMILES string of the molecule is Cc1ccc(C(=O)OCc2nnc(-c3ccco3)o2)cc1C. The lowest BCUT2D eigenvalue weighted by Gasteiger charge is -2.04. The van der Waals surface area contributed by atoms with Crippen LogP contribution in [0.4, 0.5) is 0 Å². The van der Waals surface area contributed by atoms with Gasteiger partial charge >= 0.3 is 5.97 Å². The van der Waals surface area contributed by atoms with Crippen molar-refractivity contribution in [1.82, 2.24) is 10.2 Å². The van der Waals surface area contributed by atoms with Crippen LogP contribution in [0.15, 0.2) is 45.4 Å². The van der Waals surface area contributed by atoms with E-state index in [4.69, 9.17) is 13.6 Å². The molecule has 112 valence electrons. The summed E-state index contributed by atoms with van der Waals surface area (Å²) in [4.78, 5) is 12.0. The fourth-order valence-corrected chi connectivity index (χ4v) is 1.89. The molecular weight excluding hydrogens is 284 g/mol. The van der Waals surface area contributed by atoms with Crippen molar-refractivity contribution >= 4 is 5.97 Å². The summed E-state index contributed by atoms with van der Waals surface area (Å²) in [5.74, 6) is 0.505. The number of ether oxygens (including phenoxy) is 1. The average molecular weight is 298 g/mol. The summed E-state index contributed by atoms with van der Waals surface area (Å²) in [6.45, 7) is 3.85. The van der Waals surface area contributed by atoms with E-state index in [1.165, 1.54) is 6.26 Å². The van der Waals surface area contributed by atoms with Crippen molar-refractivity contribution in [3.8, 4) is 11.7 Å². The molecule has 0 spiro atoms. The number of furan rings is 1. The van der Waals surface area contributed by atoms with Crippen LogP contribution in [-0.4, -0.2) is 16.2 Å². The standard InChI is InChI=1S/C16H14N2O4/c1-10-5-6-12(8-11(10)2)16(19)21-9-14-17-18-15(22-14)13-4-3-7-20-13/h3-8H,9H2,1-2H3. The summed E-state index contributed by atoms with van der Waals surface area (Å²) in [6.07, 6.45) is 1.51. The monoisotopic (exact) mass is 298 g/mol. The van der Waals surface area contributed by atoms with Crippen LogP contribution in [0.3, 0.4) is 0 Å². The fraction of sp³-hybridized carbons (Fsp3) is 0.188. The quantitative estimate of drug-likeness (QED) is 0.688. The van der Waals surface area contributed by atoms with Crippen LogP contribution in [0, 0.1) is 13.8 Å². The molecule has 0 saturated heterocycles. The van der Waals surface area contributed by atoms with Gasteiger partial charge in [-0.2, -0.15) is 0 Å². The number of nitrogens with zero attached hydrogens (tertiary/aromatic N) is 2. The lowest BCUT2D eigenvalue weighted by Crippen LogP contribution is -2.06. The van der Waals surface area contributed by atoms with Crippen LogP contribution >= 0.6 is 0 Å². The van der Waals surface area contributed by atoms with Gasteiger partial charge in [0, 0.05) is 0 Å². The molecule has 22 heavy (non-hydrogen) atoms. The van der Waals surface area contributed by atoms with Crippen molar-refractivity contribution in [3.05, 3.63) is 59.2 Å². The van der Waals surface area contributed by atoms with Crippen LogP contribution in [-0.2, 0) is 11.3 Å². The molecule has 6 nitrogen and oxygen atoms in total. The normalized spacial score (nSPS) is 10.6. The first-order valence-electron chi connectivity index (χ1n) is 6.74. The summed E-state index contributed by atoms with van der Waals surface area (Å²) in [5.41, 5.74) is 2.65. The molecule has 1 aromatic carbocycles. The van der Waals surface area contributed by atoms with Gasteiger partial charge < -0.3 is 13.6 Å². The van der Waals surface area contributed by atoms with E-state index < -0.39 is 5.97 Å². The van der Waals surface area contributed by atoms with Gasteiger partial charge in [-0.3, -0.25) is 0 Å². The molecule has 2 heterocycles. The topological polar surface area (TPSA) is 78.4 Å². The predicted octanol–water partition coefficient (Wildman–Crippen LogP) is 3.30. The zero-order valence-electron chi connectivity index (χ0n) is 12.2. The number of carbonyl (C=O) groups is 1. The van der Waals surface area contributed by atoms with Gasteiger partial charge in [0.1, 0.15) is 0 Å². The summed E-state index contributed by atoms with van der Waals surface area (Å²) < 4.78 is 15.7. The van der Waals surface area contributed by atoms with Crippen LogP contribution in [0.5, 0.6) is 0 Å². The molecule has 0 saturated carbocycles. The Labute approximate surface area is 126 Å². The van der Waals surface area contributed by atoms with Crippen molar-refractivity contribution in [3.63, 3.8) is 0 Å². The van der Waals surface area contributed by atoms with Crippen molar-refractivity contribution in [1.29, 1.82) is 0 Å². The van der Waals surface area contributed by atoms with Gasteiger partial charge in [0.15, 0.2) is 12.4 Å². The number of carbonyl (C=O) groups excluding carboxylic acids is 1. The number of esters is 1. The first-order valence-corrected chi connectivity index (χ1v) is 6.74. The second-order valence-corrected chi connectivity index (χ2v) is 4.85. The molecule has 0 atom stereocenters. The lowest BCUT2D eigenvalue weighted by atomic mass is 10.1. The van der Waals surface area contributed by atoms with Crippen molar-refractivity contribution in [2.75, 3.05) is 0 Å². The largest absolute Gasteiger partial charge is 0.459 e. The van der Waals surface area contributed by atoms with E-state index in [-0.39, 0.29) is 18.4 Å². The number of hydrogen-bond acceptors (Lipinski definition) is 6. The maximum atomic E-state index is 12.0. The molecule has 0 aliphatic carbocycles. The molecule has 2 aromatic heterocycles. The summed E-state index contributed by atoms with van der Waals surface area (Å²) in [7, 11) is 0. The van der Waals surface area contributed by atoms with Gasteiger partial charge in [0.25, 0.3) is 11.8 Å². The highest BCUT2D eigenvalue weighted by molar-refractivity contribution is 5.89. The van der Waals surface area contributed by atoms with Gasteiger partial charge in [-0.25, -0.2) is 4.79 Å². The average Bonchev–Trinajstić information content (AvgIpc) is 3.18. The molecule has 0 bridgehead atoms. The highest BCUT2D eigenvalue weighted by Gasteiger charge is 2.14. The van der Waals surface area contributed by atoms with E-state index in [0.717, 1.165) is 11.1 Å². The molecule has 0 N–H and O–H groups in total. The second-order valence-electron chi connectivity index (χ2n) is 4.85. The zero-order valence-corrected chi connectivity index (χ0v) is 12.2. The van der Waals surface area contributed by atoms with Crippen molar-refractivity contribution in [2.45, 2.75) is 20.5 Å². The molecule has 0 fully saturated rings. The second kappa shape index (κ2) is 5.85. The third-order valence-electron chi connectivity index (χ3n) is 3.27. The Kier molecular flexibility index (Phi) is 3.74. The third-order valence-corrected chi connectivity index (χ3v) is 3.27. The van der Waals surface area contributed by atoms with E-state index in [2.05, 4.69) is 10.2 Å². The molecule has 3 rings (SSSR count). The predicted molar refractivity (Wildman–Crippen MR) is 77.0 cm³/mol. The molecule has 3 aromatic rings. The Balaban J connectivity index is 1.65. The maximum absolute atomic E-state index is 12.0. The molecular formula is C16H14N2O4. The fourth-order valence-electron chi connectivity index (χ4n) is 1.89. The van der Waals surface area contributed by atoms with Crippen LogP contribution in [0.25, 0.3) is 11.7 Å². The van der Waals surface area contributed by atoms with E-state index >= 15 is 0 Å². The molecule has 0 amide bonds. The van der Waals surface area contributed by atoms with Crippen LogP contribution in [0.2, 0.25) is 0 Å². The van der Waals surface area contributed by atoms with E-state index in [0.29, 0.717) is 11.3 Å². The summed E-state index contributed by atoms with van der Waals surface area (Å²) >= 11 is 0. The molecule has 0 unspecified atom stereocenters. The minimum absolute atomic E-state index is 0.0839. The van der Waals surface area contributed by atoms with E-state index in [1.807, 2.05) is 19.9 Å². The Bertz CT molecular complexity index is 790. The van der Waals surface area contributed by atoms with Crippen LogP contribution in [0.1, 0.15) is 27.4 Å². The molecule has 0 aliphatic rings.